The van der Waals surface area contributed by atoms with Crippen LogP contribution in [0.5, 0.6) is 5.75 Å². The van der Waals surface area contributed by atoms with Gasteiger partial charge in [0.2, 0.25) is 5.91 Å². The first-order valence-electron chi connectivity index (χ1n) is 11.2. The smallest absolute Gasteiger partial charge is 0.416 e. The van der Waals surface area contributed by atoms with E-state index in [9.17, 15) is 18.0 Å². The Labute approximate surface area is 191 Å². The normalized spacial score (nSPS) is 22.0. The van der Waals surface area contributed by atoms with E-state index in [0.29, 0.717) is 45.6 Å². The Kier molecular flexibility index (Phi) is 6.90. The molecule has 4 rings (SSSR count). The molecule has 1 aromatic heterocycles. The Morgan fingerprint density at radius 2 is 2.03 bits per heavy atom. The van der Waals surface area contributed by atoms with Gasteiger partial charge in [-0.05, 0) is 56.5 Å². The molecule has 1 aromatic carbocycles. The largest absolute Gasteiger partial charge is 0.489 e. The lowest BCUT2D eigenvalue weighted by Gasteiger charge is -2.43. The van der Waals surface area contributed by atoms with Crippen molar-refractivity contribution >= 4 is 5.91 Å². The van der Waals surface area contributed by atoms with Gasteiger partial charge < -0.3 is 14.8 Å². The summed E-state index contributed by atoms with van der Waals surface area (Å²) in [5.41, 5.74) is -0.702. The van der Waals surface area contributed by atoms with Crippen LogP contribution >= 0.6 is 0 Å². The van der Waals surface area contributed by atoms with Gasteiger partial charge >= 0.3 is 6.18 Å². The van der Waals surface area contributed by atoms with Gasteiger partial charge in [0, 0.05) is 32.5 Å². The fourth-order valence-corrected chi connectivity index (χ4v) is 4.58. The Morgan fingerprint density at radius 1 is 1.24 bits per heavy atom. The summed E-state index contributed by atoms with van der Waals surface area (Å²) >= 11 is 0. The molecule has 3 heterocycles. The molecule has 2 saturated heterocycles. The molecule has 0 radical (unpaired) electrons. The molecule has 0 spiro atoms. The molecule has 1 amide bonds. The second-order valence-electron chi connectivity index (χ2n) is 8.59. The number of amides is 1. The van der Waals surface area contributed by atoms with E-state index in [4.69, 9.17) is 9.47 Å². The molecule has 1 N–H and O–H groups in total. The summed E-state index contributed by atoms with van der Waals surface area (Å²) in [6.45, 7) is 3.93. The van der Waals surface area contributed by atoms with Crippen LogP contribution in [0.2, 0.25) is 0 Å². The number of benzene rings is 1. The number of hydrogen-bond donors (Lipinski definition) is 1. The van der Waals surface area contributed by atoms with Crippen LogP contribution in [-0.4, -0.2) is 53.7 Å². The molecule has 9 heteroatoms. The van der Waals surface area contributed by atoms with Gasteiger partial charge in [-0.25, -0.2) is 0 Å². The number of nitrogens with zero attached hydrogens (tertiary/aromatic N) is 2. The first-order valence-corrected chi connectivity index (χ1v) is 11.2. The fraction of sp³-hybridized carbons (Fsp3) is 0.500. The van der Waals surface area contributed by atoms with Crippen molar-refractivity contribution in [3.05, 3.63) is 59.9 Å². The Morgan fingerprint density at radius 3 is 2.73 bits per heavy atom. The summed E-state index contributed by atoms with van der Waals surface area (Å²) in [4.78, 5) is 19.9. The van der Waals surface area contributed by atoms with Crippen molar-refractivity contribution in [3.63, 3.8) is 0 Å². The third-order valence-electron chi connectivity index (χ3n) is 6.44. The summed E-state index contributed by atoms with van der Waals surface area (Å²) in [6.07, 6.45) is -1.31. The minimum Gasteiger partial charge on any atom is -0.489 e. The van der Waals surface area contributed by atoms with Gasteiger partial charge in [0.15, 0.2) is 0 Å². The highest BCUT2D eigenvalue weighted by molar-refractivity contribution is 5.87. The van der Waals surface area contributed by atoms with E-state index < -0.39 is 17.3 Å². The highest BCUT2D eigenvalue weighted by Gasteiger charge is 2.48. The number of pyridine rings is 1. The van der Waals surface area contributed by atoms with Gasteiger partial charge in [-0.1, -0.05) is 12.1 Å². The maximum absolute atomic E-state index is 13.5. The van der Waals surface area contributed by atoms with Crippen LogP contribution in [0.15, 0.2) is 48.7 Å². The van der Waals surface area contributed by atoms with Crippen molar-refractivity contribution < 1.29 is 27.4 Å². The number of carbonyl (C=O) groups is 1. The van der Waals surface area contributed by atoms with Crippen LogP contribution in [0.3, 0.4) is 0 Å². The maximum atomic E-state index is 13.5. The van der Waals surface area contributed by atoms with Crippen molar-refractivity contribution in [2.24, 2.45) is 0 Å². The fourth-order valence-electron chi connectivity index (χ4n) is 4.58. The Bertz CT molecular complexity index is 949. The monoisotopic (exact) mass is 463 g/mol. The topological polar surface area (TPSA) is 63.7 Å². The molecule has 0 aliphatic carbocycles. The van der Waals surface area contributed by atoms with Crippen LogP contribution < -0.4 is 10.1 Å². The predicted octanol–water partition coefficient (Wildman–Crippen LogP) is 3.98. The quantitative estimate of drug-likeness (QED) is 0.702. The van der Waals surface area contributed by atoms with E-state index in [2.05, 4.69) is 15.2 Å². The summed E-state index contributed by atoms with van der Waals surface area (Å²) in [5, 5.41) is 3.11. The van der Waals surface area contributed by atoms with Crippen molar-refractivity contribution in [2.45, 2.75) is 50.0 Å². The van der Waals surface area contributed by atoms with Gasteiger partial charge in [-0.3, -0.25) is 14.7 Å². The molecular formula is C24H28F3N3O3. The molecular weight excluding hydrogens is 435 g/mol. The third kappa shape index (κ3) is 5.30. The number of aromatic nitrogens is 1. The van der Waals surface area contributed by atoms with Crippen LogP contribution in [0, 0.1) is 0 Å². The van der Waals surface area contributed by atoms with Crippen molar-refractivity contribution in [2.75, 3.05) is 26.3 Å². The van der Waals surface area contributed by atoms with Crippen LogP contribution in [0.1, 0.15) is 43.5 Å². The number of ether oxygens (including phenoxy) is 2. The molecule has 178 valence electrons. The molecule has 33 heavy (non-hydrogen) atoms. The van der Waals surface area contributed by atoms with Crippen molar-refractivity contribution in [1.29, 1.82) is 0 Å². The van der Waals surface area contributed by atoms with Crippen LogP contribution in [-0.2, 0) is 15.7 Å². The zero-order valence-electron chi connectivity index (χ0n) is 18.5. The number of hydrogen-bond acceptors (Lipinski definition) is 5. The second kappa shape index (κ2) is 9.69. The van der Waals surface area contributed by atoms with Gasteiger partial charge in [0.25, 0.3) is 0 Å². The molecule has 2 aliphatic heterocycles. The number of alkyl halides is 3. The highest BCUT2D eigenvalue weighted by atomic mass is 19.4. The van der Waals surface area contributed by atoms with E-state index in [1.807, 2.05) is 25.1 Å². The zero-order chi connectivity index (χ0) is 23.5. The van der Waals surface area contributed by atoms with E-state index in [1.54, 1.807) is 6.20 Å². The number of nitrogens with one attached hydrogen (secondary N) is 1. The predicted molar refractivity (Wildman–Crippen MR) is 116 cm³/mol. The standard InChI is InChI=1S/C24H28F3N3O3/c1-17(21-7-2-3-11-28-21)29-22(31)23(9-13-32-14-10-23)30-12-8-20(16-30)33-19-6-4-5-18(15-19)24(25,26)27/h2-7,11,15,17,20H,8-10,12-14,16H2,1H3,(H,29,31)/t17?,20-/m1/s1. The Hall–Kier alpha value is -2.65. The molecule has 6 nitrogen and oxygen atoms in total. The van der Waals surface area contributed by atoms with Crippen LogP contribution in [0.4, 0.5) is 13.2 Å². The average molecular weight is 464 g/mol. The number of rotatable bonds is 6. The second-order valence-corrected chi connectivity index (χ2v) is 8.59. The maximum Gasteiger partial charge on any atom is 0.416 e. The van der Waals surface area contributed by atoms with Gasteiger partial charge in [-0.2, -0.15) is 13.2 Å². The lowest BCUT2D eigenvalue weighted by molar-refractivity contribution is -0.141. The summed E-state index contributed by atoms with van der Waals surface area (Å²) < 4.78 is 50.5. The van der Waals surface area contributed by atoms with Crippen molar-refractivity contribution in [3.8, 4) is 5.75 Å². The first-order chi connectivity index (χ1) is 15.8. The molecule has 2 aromatic rings. The first kappa shape index (κ1) is 23.5. The van der Waals surface area contributed by atoms with Crippen LogP contribution in [0.25, 0.3) is 0 Å². The summed E-state index contributed by atoms with van der Waals surface area (Å²) in [6, 6.07) is 10.2. The lowest BCUT2D eigenvalue weighted by Crippen LogP contribution is -2.61. The molecule has 2 aliphatic rings. The molecule has 2 atom stereocenters. The minimum atomic E-state index is -4.42. The zero-order valence-corrected chi connectivity index (χ0v) is 18.5. The van der Waals surface area contributed by atoms with E-state index in [0.717, 1.165) is 17.8 Å². The Balaban J connectivity index is 1.45. The SMILES string of the molecule is CC(NC(=O)C1(N2CC[C@@H](Oc3cccc(C(F)(F)F)c3)C2)CCOCC1)c1ccccn1. The van der Waals surface area contributed by atoms with Gasteiger partial charge in [0.05, 0.1) is 17.3 Å². The highest BCUT2D eigenvalue weighted by Crippen LogP contribution is 2.35. The lowest BCUT2D eigenvalue weighted by atomic mass is 9.86. The van der Waals surface area contributed by atoms with Gasteiger partial charge in [0.1, 0.15) is 17.4 Å². The number of likely N-dealkylation sites (tertiary alicyclic amines) is 1. The summed E-state index contributed by atoms with van der Waals surface area (Å²) in [5.74, 6) is 0.106. The number of halogens is 3. The van der Waals surface area contributed by atoms with Gasteiger partial charge in [-0.15, -0.1) is 0 Å². The number of carbonyl (C=O) groups excluding carboxylic acids is 1. The van der Waals surface area contributed by atoms with E-state index in [-0.39, 0.29) is 23.8 Å². The molecule has 0 saturated carbocycles. The summed E-state index contributed by atoms with van der Waals surface area (Å²) in [7, 11) is 0. The average Bonchev–Trinajstić information content (AvgIpc) is 3.28. The minimum absolute atomic E-state index is 0.0799. The molecule has 0 bridgehead atoms. The third-order valence-corrected chi connectivity index (χ3v) is 6.44. The molecule has 2 fully saturated rings. The molecule has 1 unspecified atom stereocenters. The van der Waals surface area contributed by atoms with E-state index in [1.165, 1.54) is 12.1 Å². The van der Waals surface area contributed by atoms with E-state index >= 15 is 0 Å². The van der Waals surface area contributed by atoms with Crippen molar-refractivity contribution in [1.82, 2.24) is 15.2 Å².